The lowest BCUT2D eigenvalue weighted by Gasteiger charge is -2.20. The third-order valence-electron chi connectivity index (χ3n) is 3.84. The molecule has 0 spiro atoms. The van der Waals surface area contributed by atoms with E-state index in [9.17, 15) is 13.2 Å². The quantitative estimate of drug-likeness (QED) is 0.638. The zero-order chi connectivity index (χ0) is 20.7. The standard InChI is InChI=1S/C19H25N3O5S/c1-5-26-16-10-8-15(9-11-16)21-18-17(7-6-12-20-18)19(23)27-14(2)13-22(3)28(4,24)25/h6-12,14H,5,13H2,1-4H3,(H,20,21). The van der Waals surface area contributed by atoms with Crippen molar-refractivity contribution in [3.05, 3.63) is 48.2 Å². The van der Waals surface area contributed by atoms with Crippen LogP contribution in [0.25, 0.3) is 0 Å². The highest BCUT2D eigenvalue weighted by molar-refractivity contribution is 7.88. The van der Waals surface area contributed by atoms with Crippen LogP contribution in [0.4, 0.5) is 11.5 Å². The van der Waals surface area contributed by atoms with Crippen molar-refractivity contribution >= 4 is 27.5 Å². The monoisotopic (exact) mass is 407 g/mol. The maximum absolute atomic E-state index is 12.5. The summed E-state index contributed by atoms with van der Waals surface area (Å²) in [7, 11) is -1.91. The lowest BCUT2D eigenvalue weighted by Crippen LogP contribution is -2.34. The molecule has 1 aromatic heterocycles. The van der Waals surface area contributed by atoms with Crippen molar-refractivity contribution in [1.82, 2.24) is 9.29 Å². The van der Waals surface area contributed by atoms with E-state index >= 15 is 0 Å². The van der Waals surface area contributed by atoms with E-state index in [4.69, 9.17) is 9.47 Å². The number of esters is 1. The van der Waals surface area contributed by atoms with Crippen LogP contribution in [0.1, 0.15) is 24.2 Å². The molecule has 1 atom stereocenters. The van der Waals surface area contributed by atoms with Crippen LogP contribution < -0.4 is 10.1 Å². The number of sulfonamides is 1. The number of likely N-dealkylation sites (N-methyl/N-ethyl adjacent to an activating group) is 1. The van der Waals surface area contributed by atoms with Gasteiger partial charge in [-0.25, -0.2) is 22.5 Å². The number of carbonyl (C=O) groups excluding carboxylic acids is 1. The molecule has 0 aliphatic carbocycles. The normalized spacial score (nSPS) is 12.5. The van der Waals surface area contributed by atoms with E-state index in [0.717, 1.165) is 22.0 Å². The average molecular weight is 407 g/mol. The summed E-state index contributed by atoms with van der Waals surface area (Å²) in [5.74, 6) is 0.508. The third kappa shape index (κ3) is 6.21. The number of carbonyl (C=O) groups is 1. The third-order valence-corrected chi connectivity index (χ3v) is 5.13. The maximum Gasteiger partial charge on any atom is 0.342 e. The predicted octanol–water partition coefficient (Wildman–Crippen LogP) is 2.66. The first-order chi connectivity index (χ1) is 13.2. The topological polar surface area (TPSA) is 97.8 Å². The zero-order valence-corrected chi connectivity index (χ0v) is 17.2. The number of rotatable bonds is 9. The highest BCUT2D eigenvalue weighted by Crippen LogP contribution is 2.22. The molecule has 1 heterocycles. The van der Waals surface area contributed by atoms with Gasteiger partial charge in [-0.3, -0.25) is 0 Å². The van der Waals surface area contributed by atoms with Gasteiger partial charge in [0.15, 0.2) is 0 Å². The number of ether oxygens (including phenoxy) is 2. The van der Waals surface area contributed by atoms with E-state index in [0.29, 0.717) is 12.4 Å². The van der Waals surface area contributed by atoms with E-state index in [1.54, 1.807) is 25.3 Å². The first kappa shape index (κ1) is 21.6. The van der Waals surface area contributed by atoms with Gasteiger partial charge < -0.3 is 14.8 Å². The van der Waals surface area contributed by atoms with Gasteiger partial charge in [-0.2, -0.15) is 0 Å². The van der Waals surface area contributed by atoms with Crippen LogP contribution >= 0.6 is 0 Å². The van der Waals surface area contributed by atoms with E-state index in [1.807, 2.05) is 31.2 Å². The summed E-state index contributed by atoms with van der Waals surface area (Å²) in [4.78, 5) is 16.8. The molecule has 0 amide bonds. The molecule has 28 heavy (non-hydrogen) atoms. The van der Waals surface area contributed by atoms with Gasteiger partial charge in [0.1, 0.15) is 23.2 Å². The van der Waals surface area contributed by atoms with Crippen LogP contribution in [0.3, 0.4) is 0 Å². The minimum atomic E-state index is -3.35. The van der Waals surface area contributed by atoms with Gasteiger partial charge in [-0.05, 0) is 50.2 Å². The number of hydrogen-bond acceptors (Lipinski definition) is 7. The minimum Gasteiger partial charge on any atom is -0.494 e. The van der Waals surface area contributed by atoms with Crippen molar-refractivity contribution in [3.63, 3.8) is 0 Å². The molecule has 0 aliphatic rings. The highest BCUT2D eigenvalue weighted by Gasteiger charge is 2.20. The molecule has 9 heteroatoms. The van der Waals surface area contributed by atoms with Gasteiger partial charge in [0.2, 0.25) is 10.0 Å². The Kier molecular flexibility index (Phi) is 7.36. The largest absolute Gasteiger partial charge is 0.494 e. The first-order valence-electron chi connectivity index (χ1n) is 8.78. The number of anilines is 2. The molecule has 0 saturated heterocycles. The predicted molar refractivity (Wildman–Crippen MR) is 107 cm³/mol. The Morgan fingerprint density at radius 2 is 1.93 bits per heavy atom. The van der Waals surface area contributed by atoms with Gasteiger partial charge in [0.25, 0.3) is 0 Å². The average Bonchev–Trinajstić information content (AvgIpc) is 2.63. The molecule has 2 rings (SSSR count). The van der Waals surface area contributed by atoms with Gasteiger partial charge in [0.05, 0.1) is 19.4 Å². The Morgan fingerprint density at radius 1 is 1.25 bits per heavy atom. The molecular formula is C19H25N3O5S. The lowest BCUT2D eigenvalue weighted by atomic mass is 10.2. The molecule has 8 nitrogen and oxygen atoms in total. The molecular weight excluding hydrogens is 382 g/mol. The SMILES string of the molecule is CCOc1ccc(Nc2ncccc2C(=O)OC(C)CN(C)S(C)(=O)=O)cc1. The number of aromatic nitrogens is 1. The molecule has 0 radical (unpaired) electrons. The summed E-state index contributed by atoms with van der Waals surface area (Å²) < 4.78 is 34.9. The maximum atomic E-state index is 12.5. The van der Waals surface area contributed by atoms with Crippen molar-refractivity contribution in [2.45, 2.75) is 20.0 Å². The Labute approximate surface area is 165 Å². The van der Waals surface area contributed by atoms with E-state index in [2.05, 4.69) is 10.3 Å². The number of pyridine rings is 1. The first-order valence-corrected chi connectivity index (χ1v) is 10.6. The molecule has 152 valence electrons. The van der Waals surface area contributed by atoms with Crippen LogP contribution in [-0.4, -0.2) is 56.2 Å². The van der Waals surface area contributed by atoms with Crippen LogP contribution in [-0.2, 0) is 14.8 Å². The Balaban J connectivity index is 2.09. The van der Waals surface area contributed by atoms with Crippen molar-refractivity contribution in [1.29, 1.82) is 0 Å². The van der Waals surface area contributed by atoms with Crippen molar-refractivity contribution in [2.75, 3.05) is 31.8 Å². The van der Waals surface area contributed by atoms with Crippen LogP contribution in [0, 0.1) is 0 Å². The number of benzene rings is 1. The fourth-order valence-electron chi connectivity index (χ4n) is 2.39. The summed E-state index contributed by atoms with van der Waals surface area (Å²) in [6.45, 7) is 4.18. The second-order valence-corrected chi connectivity index (χ2v) is 8.33. The summed E-state index contributed by atoms with van der Waals surface area (Å²) >= 11 is 0. The molecule has 2 aromatic rings. The number of nitrogens with one attached hydrogen (secondary N) is 1. The van der Waals surface area contributed by atoms with E-state index in [1.165, 1.54) is 7.05 Å². The van der Waals surface area contributed by atoms with E-state index in [-0.39, 0.29) is 12.1 Å². The van der Waals surface area contributed by atoms with Crippen molar-refractivity contribution in [3.8, 4) is 5.75 Å². The Morgan fingerprint density at radius 3 is 2.54 bits per heavy atom. The highest BCUT2D eigenvalue weighted by atomic mass is 32.2. The van der Waals surface area contributed by atoms with Crippen LogP contribution in [0.15, 0.2) is 42.6 Å². The summed E-state index contributed by atoms with van der Waals surface area (Å²) in [6.07, 6.45) is 2.04. The molecule has 0 fully saturated rings. The molecule has 1 unspecified atom stereocenters. The molecule has 1 aromatic carbocycles. The van der Waals surface area contributed by atoms with Crippen LogP contribution in [0.5, 0.6) is 5.75 Å². The Bertz CT molecular complexity index is 900. The van der Waals surface area contributed by atoms with E-state index < -0.39 is 22.1 Å². The van der Waals surface area contributed by atoms with Crippen molar-refractivity contribution in [2.24, 2.45) is 0 Å². The molecule has 0 aliphatic heterocycles. The zero-order valence-electron chi connectivity index (χ0n) is 16.4. The van der Waals surface area contributed by atoms with Gasteiger partial charge in [-0.1, -0.05) is 0 Å². The second-order valence-electron chi connectivity index (χ2n) is 6.24. The molecule has 1 N–H and O–H groups in total. The summed E-state index contributed by atoms with van der Waals surface area (Å²) in [5, 5.41) is 3.09. The van der Waals surface area contributed by atoms with Gasteiger partial charge >= 0.3 is 5.97 Å². The summed E-state index contributed by atoms with van der Waals surface area (Å²) in [6, 6.07) is 10.5. The van der Waals surface area contributed by atoms with Gasteiger partial charge in [-0.15, -0.1) is 0 Å². The molecule has 0 bridgehead atoms. The summed E-state index contributed by atoms with van der Waals surface area (Å²) in [5.41, 5.74) is 0.992. The number of hydrogen-bond donors (Lipinski definition) is 1. The molecule has 0 saturated carbocycles. The number of nitrogens with zero attached hydrogens (tertiary/aromatic N) is 2. The van der Waals surface area contributed by atoms with Crippen molar-refractivity contribution < 1.29 is 22.7 Å². The lowest BCUT2D eigenvalue weighted by molar-refractivity contribution is 0.0314. The van der Waals surface area contributed by atoms with Gasteiger partial charge in [0, 0.05) is 18.9 Å². The fraction of sp³-hybridized carbons (Fsp3) is 0.368. The Hall–Kier alpha value is -2.65. The smallest absolute Gasteiger partial charge is 0.342 e. The second kappa shape index (κ2) is 9.52. The van der Waals surface area contributed by atoms with Crippen LogP contribution in [0.2, 0.25) is 0 Å². The fourth-order valence-corrected chi connectivity index (χ4v) is 2.87. The minimum absolute atomic E-state index is 0.0620.